The quantitative estimate of drug-likeness (QED) is 0.111. The average molecular weight is 831 g/mol. The largest absolute Gasteiger partial charge is 0.115 e. The summed E-state index contributed by atoms with van der Waals surface area (Å²) in [4.78, 5) is 0. The molecule has 302 valence electrons. The van der Waals surface area contributed by atoms with E-state index < -0.39 is 0 Å². The zero-order valence-electron chi connectivity index (χ0n) is 35.9. The fourth-order valence-corrected chi connectivity index (χ4v) is 10.1. The number of hydrogen-bond acceptors (Lipinski definition) is 0. The molecular weight excluding hydrogens is 793 g/mol. The second kappa shape index (κ2) is 16.4. The van der Waals surface area contributed by atoms with Gasteiger partial charge in [-0.2, -0.15) is 0 Å². The summed E-state index contributed by atoms with van der Waals surface area (Å²) in [6, 6.07) is 73.2. The average Bonchev–Trinajstić information content (AvgIpc) is 3.39. The topological polar surface area (TPSA) is 0 Å². The molecule has 0 aliphatic heterocycles. The molecule has 0 heteroatoms. The van der Waals surface area contributed by atoms with Crippen LogP contribution in [-0.4, -0.2) is 0 Å². The highest BCUT2D eigenvalue weighted by Gasteiger charge is 2.23. The normalized spacial score (nSPS) is 11.0. The van der Waals surface area contributed by atoms with Gasteiger partial charge in [-0.05, 0) is 141 Å². The zero-order valence-corrected chi connectivity index (χ0v) is 35.9. The SMILES string of the molecule is C#Cc1cccc(-c2cccc(-c3cccc(C#C)c3C#C)c2-c2cccc(-c3cc(-c4ccccc4)c4ccc5c(-c6ccccc6)cc(-c6ccccc6)c6ccc3c4c56)c2)c1C#C. The molecule has 0 amide bonds. The minimum atomic E-state index is 0.659. The molecule has 0 bridgehead atoms. The molecule has 0 saturated carbocycles. The van der Waals surface area contributed by atoms with E-state index in [9.17, 15) is 0 Å². The van der Waals surface area contributed by atoms with Gasteiger partial charge in [-0.25, -0.2) is 0 Å². The Morgan fingerprint density at radius 2 is 0.576 bits per heavy atom. The molecule has 0 aliphatic rings. The number of rotatable bonds is 7. The molecule has 11 aromatic rings. The third-order valence-corrected chi connectivity index (χ3v) is 13.0. The maximum absolute atomic E-state index is 6.25. The molecule has 0 unspecified atom stereocenters. The van der Waals surface area contributed by atoms with E-state index in [4.69, 9.17) is 25.7 Å². The van der Waals surface area contributed by atoms with Crippen LogP contribution in [0.4, 0.5) is 0 Å². The van der Waals surface area contributed by atoms with Gasteiger partial charge in [-0.15, -0.1) is 25.7 Å². The second-order valence-electron chi connectivity index (χ2n) is 16.5. The Kier molecular flexibility index (Phi) is 9.85. The van der Waals surface area contributed by atoms with Gasteiger partial charge in [-0.1, -0.05) is 200 Å². The van der Waals surface area contributed by atoms with Crippen molar-refractivity contribution < 1.29 is 0 Å². The molecular formula is C66H38. The highest BCUT2D eigenvalue weighted by Crippen LogP contribution is 2.50. The summed E-state index contributed by atoms with van der Waals surface area (Å²) >= 11 is 0. The molecule has 0 aromatic heterocycles. The lowest BCUT2D eigenvalue weighted by Crippen LogP contribution is -1.97. The summed E-state index contributed by atoms with van der Waals surface area (Å²) in [6.07, 6.45) is 24.6. The van der Waals surface area contributed by atoms with Gasteiger partial charge in [0.1, 0.15) is 0 Å². The van der Waals surface area contributed by atoms with Gasteiger partial charge in [0.25, 0.3) is 0 Å². The summed E-state index contributed by atoms with van der Waals surface area (Å²) in [5, 5.41) is 7.29. The Morgan fingerprint density at radius 3 is 0.970 bits per heavy atom. The molecule has 0 fully saturated rings. The molecule has 0 aliphatic carbocycles. The molecule has 0 spiro atoms. The van der Waals surface area contributed by atoms with Gasteiger partial charge < -0.3 is 0 Å². The van der Waals surface area contributed by atoms with Crippen LogP contribution in [0, 0.1) is 49.4 Å². The highest BCUT2D eigenvalue weighted by atomic mass is 14.3. The number of terminal acetylenes is 4. The third kappa shape index (κ3) is 6.42. The Balaban J connectivity index is 1.24. The van der Waals surface area contributed by atoms with Crippen LogP contribution in [0.2, 0.25) is 0 Å². The van der Waals surface area contributed by atoms with Crippen molar-refractivity contribution in [3.63, 3.8) is 0 Å². The Labute approximate surface area is 386 Å². The van der Waals surface area contributed by atoms with Crippen molar-refractivity contribution in [2.24, 2.45) is 0 Å². The first kappa shape index (κ1) is 39.5. The van der Waals surface area contributed by atoms with Crippen LogP contribution in [0.1, 0.15) is 22.3 Å². The fourth-order valence-electron chi connectivity index (χ4n) is 10.1. The lowest BCUT2D eigenvalue weighted by Gasteiger charge is -2.22. The smallest absolute Gasteiger partial charge is 0.0477 e. The van der Waals surface area contributed by atoms with Gasteiger partial charge in [0.15, 0.2) is 0 Å². The standard InChI is InChI=1S/C66H38/c1-5-43-28-19-32-52(50(43)7-3)54-34-21-35-55(53-33-20-29-44(6-2)51(53)8-4)64(54)49-31-18-30-48(40-49)63-42-62(47-26-16-11-17-27-47)58-37-36-56-60(45-22-12-9-13-23-45)41-61(46-24-14-10-15-25-46)57-38-39-59(63)66(58)65(56)57/h1-4,9-42H. The van der Waals surface area contributed by atoms with Crippen molar-refractivity contribution >= 4 is 32.3 Å². The van der Waals surface area contributed by atoms with E-state index >= 15 is 0 Å². The van der Waals surface area contributed by atoms with Crippen molar-refractivity contribution in [3.8, 4) is 127 Å². The third-order valence-electron chi connectivity index (χ3n) is 13.0. The van der Waals surface area contributed by atoms with E-state index in [0.717, 1.165) is 50.1 Å². The molecule has 0 N–H and O–H groups in total. The van der Waals surface area contributed by atoms with Crippen LogP contribution in [0.3, 0.4) is 0 Å². The lowest BCUT2D eigenvalue weighted by atomic mass is 9.81. The van der Waals surface area contributed by atoms with Crippen molar-refractivity contribution in [3.05, 3.63) is 229 Å². The van der Waals surface area contributed by atoms with E-state index in [0.29, 0.717) is 22.3 Å². The van der Waals surface area contributed by atoms with Crippen LogP contribution in [0.15, 0.2) is 206 Å². The molecule has 11 aromatic carbocycles. The summed E-state index contributed by atoms with van der Waals surface area (Å²) in [7, 11) is 0. The van der Waals surface area contributed by atoms with E-state index in [1.165, 1.54) is 60.1 Å². The molecule has 0 saturated heterocycles. The van der Waals surface area contributed by atoms with Crippen molar-refractivity contribution in [2.45, 2.75) is 0 Å². The summed E-state index contributed by atoms with van der Waals surface area (Å²) < 4.78 is 0. The Hall–Kier alpha value is -9.30. The molecule has 66 heavy (non-hydrogen) atoms. The Bertz CT molecular complexity index is 3720. The maximum atomic E-state index is 6.25. The van der Waals surface area contributed by atoms with E-state index in [1.807, 2.05) is 42.5 Å². The molecule has 0 heterocycles. The van der Waals surface area contributed by atoms with Gasteiger partial charge >= 0.3 is 0 Å². The number of benzene rings is 11. The van der Waals surface area contributed by atoms with Gasteiger partial charge in [0.2, 0.25) is 0 Å². The first-order valence-corrected chi connectivity index (χ1v) is 21.9. The minimum absolute atomic E-state index is 0.659. The molecule has 0 radical (unpaired) electrons. The zero-order chi connectivity index (χ0) is 44.7. The second-order valence-corrected chi connectivity index (χ2v) is 16.5. The first-order chi connectivity index (χ1) is 32.6. The van der Waals surface area contributed by atoms with Gasteiger partial charge in [0, 0.05) is 22.3 Å². The molecule has 0 atom stereocenters. The van der Waals surface area contributed by atoms with Gasteiger partial charge in [-0.3, -0.25) is 0 Å². The first-order valence-electron chi connectivity index (χ1n) is 21.9. The van der Waals surface area contributed by atoms with Crippen LogP contribution < -0.4 is 0 Å². The predicted molar refractivity (Wildman–Crippen MR) is 280 cm³/mol. The van der Waals surface area contributed by atoms with Crippen molar-refractivity contribution in [1.82, 2.24) is 0 Å². The predicted octanol–water partition coefficient (Wildman–Crippen LogP) is 16.2. The lowest BCUT2D eigenvalue weighted by molar-refractivity contribution is 1.51. The van der Waals surface area contributed by atoms with Gasteiger partial charge in [0.05, 0.1) is 0 Å². The van der Waals surface area contributed by atoms with Crippen LogP contribution in [0.5, 0.6) is 0 Å². The Morgan fingerprint density at radius 1 is 0.242 bits per heavy atom. The summed E-state index contributed by atoms with van der Waals surface area (Å²) in [6.45, 7) is 0. The van der Waals surface area contributed by atoms with Crippen LogP contribution in [-0.2, 0) is 0 Å². The number of hydrogen-bond donors (Lipinski definition) is 0. The monoisotopic (exact) mass is 830 g/mol. The molecule has 11 rings (SSSR count). The van der Waals surface area contributed by atoms with E-state index in [1.54, 1.807) is 0 Å². The summed E-state index contributed by atoms with van der Waals surface area (Å²) in [5.41, 5.74) is 17.5. The van der Waals surface area contributed by atoms with E-state index in [-0.39, 0.29) is 0 Å². The van der Waals surface area contributed by atoms with Crippen molar-refractivity contribution in [1.29, 1.82) is 0 Å². The highest BCUT2D eigenvalue weighted by molar-refractivity contribution is 6.32. The fraction of sp³-hybridized carbons (Fsp3) is 0. The van der Waals surface area contributed by atoms with E-state index in [2.05, 4.69) is 187 Å². The van der Waals surface area contributed by atoms with Crippen molar-refractivity contribution in [2.75, 3.05) is 0 Å². The summed E-state index contributed by atoms with van der Waals surface area (Å²) in [5.74, 6) is 11.5. The van der Waals surface area contributed by atoms with Crippen LogP contribution in [0.25, 0.3) is 110 Å². The minimum Gasteiger partial charge on any atom is -0.115 e. The maximum Gasteiger partial charge on any atom is 0.0477 e. The molecule has 0 nitrogen and oxygen atoms in total. The van der Waals surface area contributed by atoms with Crippen LogP contribution >= 0.6 is 0 Å².